The van der Waals surface area contributed by atoms with E-state index in [-0.39, 0.29) is 11.6 Å². The summed E-state index contributed by atoms with van der Waals surface area (Å²) in [6.45, 7) is 4.18. The van der Waals surface area contributed by atoms with Gasteiger partial charge in [-0.2, -0.15) is 0 Å². The van der Waals surface area contributed by atoms with Crippen LogP contribution >= 0.6 is 0 Å². The van der Waals surface area contributed by atoms with Gasteiger partial charge < -0.3 is 10.4 Å². The Balaban J connectivity index is 2.94. The van der Waals surface area contributed by atoms with Gasteiger partial charge in [0.05, 0.1) is 11.7 Å². The number of hydrogen-bond donors (Lipinski definition) is 2. The van der Waals surface area contributed by atoms with E-state index in [4.69, 9.17) is 0 Å². The van der Waals surface area contributed by atoms with Gasteiger partial charge in [-0.25, -0.2) is 8.78 Å². The normalized spacial score (nSPS) is 15.0. The average Bonchev–Trinajstić information content (AvgIpc) is 2.17. The first kappa shape index (κ1) is 12.1. The zero-order valence-electron chi connectivity index (χ0n) is 8.80. The van der Waals surface area contributed by atoms with E-state index in [1.54, 1.807) is 6.92 Å². The van der Waals surface area contributed by atoms with Crippen LogP contribution in [-0.4, -0.2) is 17.7 Å². The Bertz CT molecular complexity index is 310. The van der Waals surface area contributed by atoms with Crippen molar-refractivity contribution in [3.63, 3.8) is 0 Å². The third kappa shape index (κ3) is 2.73. The van der Waals surface area contributed by atoms with Crippen LogP contribution in [0, 0.1) is 11.6 Å². The Hall–Kier alpha value is -1.00. The van der Waals surface area contributed by atoms with Crippen LogP contribution < -0.4 is 5.32 Å². The van der Waals surface area contributed by atoms with E-state index in [9.17, 15) is 13.9 Å². The molecular weight excluding hydrogens is 200 g/mol. The smallest absolute Gasteiger partial charge is 0.132 e. The van der Waals surface area contributed by atoms with Crippen molar-refractivity contribution < 1.29 is 13.9 Å². The predicted molar refractivity (Wildman–Crippen MR) is 54.5 cm³/mol. The van der Waals surface area contributed by atoms with Crippen LogP contribution in [0.5, 0.6) is 0 Å². The molecule has 0 aliphatic rings. The molecule has 0 saturated heterocycles. The molecule has 4 heteroatoms. The number of aliphatic hydroxyl groups is 1. The molecule has 0 aliphatic heterocycles. The predicted octanol–water partition coefficient (Wildman–Crippen LogP) is 2.00. The van der Waals surface area contributed by atoms with E-state index in [1.165, 1.54) is 6.07 Å². The van der Waals surface area contributed by atoms with Gasteiger partial charge in [-0.3, -0.25) is 0 Å². The number of benzene rings is 1. The van der Waals surface area contributed by atoms with Gasteiger partial charge in [0.25, 0.3) is 0 Å². The molecule has 0 amide bonds. The summed E-state index contributed by atoms with van der Waals surface area (Å²) in [5.74, 6) is -1.43. The lowest BCUT2D eigenvalue weighted by Crippen LogP contribution is -2.32. The Labute approximate surface area is 87.9 Å². The zero-order chi connectivity index (χ0) is 11.4. The maximum atomic E-state index is 13.3. The van der Waals surface area contributed by atoms with Crippen molar-refractivity contribution in [3.05, 3.63) is 35.4 Å². The first-order valence-corrected chi connectivity index (χ1v) is 4.93. The highest BCUT2D eigenvalue weighted by Crippen LogP contribution is 2.23. The molecule has 1 aromatic carbocycles. The molecule has 0 bridgehead atoms. The van der Waals surface area contributed by atoms with E-state index in [1.807, 2.05) is 6.92 Å². The molecule has 2 N–H and O–H groups in total. The molecule has 15 heavy (non-hydrogen) atoms. The second kappa shape index (κ2) is 5.19. The van der Waals surface area contributed by atoms with Crippen molar-refractivity contribution in [1.29, 1.82) is 0 Å². The summed E-state index contributed by atoms with van der Waals surface area (Å²) in [7, 11) is 0. The Morgan fingerprint density at radius 3 is 2.33 bits per heavy atom. The van der Waals surface area contributed by atoms with Crippen LogP contribution in [0.1, 0.15) is 25.5 Å². The van der Waals surface area contributed by atoms with Crippen molar-refractivity contribution in [1.82, 2.24) is 5.32 Å². The summed E-state index contributed by atoms with van der Waals surface area (Å²) < 4.78 is 26.5. The summed E-state index contributed by atoms with van der Waals surface area (Å²) in [4.78, 5) is 0. The number of rotatable bonds is 4. The standard InChI is InChI=1S/C11H15F2NO/c1-3-14-7(2)11(15)10-8(12)5-4-6-9(10)13/h4-7,11,14-15H,3H2,1-2H3. The molecule has 1 aromatic rings. The lowest BCUT2D eigenvalue weighted by molar-refractivity contribution is 0.128. The molecule has 0 spiro atoms. The molecule has 2 atom stereocenters. The summed E-state index contributed by atoms with van der Waals surface area (Å²) in [5.41, 5.74) is -0.272. The van der Waals surface area contributed by atoms with Gasteiger partial charge in [-0.15, -0.1) is 0 Å². The lowest BCUT2D eigenvalue weighted by atomic mass is 10.0. The van der Waals surface area contributed by atoms with Crippen LogP contribution in [0.3, 0.4) is 0 Å². The maximum absolute atomic E-state index is 13.3. The molecule has 84 valence electrons. The monoisotopic (exact) mass is 215 g/mol. The number of hydrogen-bond acceptors (Lipinski definition) is 2. The molecule has 0 saturated carbocycles. The fraction of sp³-hybridized carbons (Fsp3) is 0.455. The third-order valence-electron chi connectivity index (χ3n) is 2.30. The molecule has 2 nitrogen and oxygen atoms in total. The Morgan fingerprint density at radius 1 is 1.33 bits per heavy atom. The van der Waals surface area contributed by atoms with Crippen LogP contribution in [-0.2, 0) is 0 Å². The van der Waals surface area contributed by atoms with E-state index >= 15 is 0 Å². The maximum Gasteiger partial charge on any atom is 0.132 e. The number of likely N-dealkylation sites (N-methyl/N-ethyl adjacent to an activating group) is 1. The van der Waals surface area contributed by atoms with Crippen molar-refractivity contribution in [3.8, 4) is 0 Å². The fourth-order valence-corrected chi connectivity index (χ4v) is 1.48. The van der Waals surface area contributed by atoms with Gasteiger partial charge in [0.15, 0.2) is 0 Å². The van der Waals surface area contributed by atoms with E-state index in [0.29, 0.717) is 6.54 Å². The highest BCUT2D eigenvalue weighted by Gasteiger charge is 2.22. The molecule has 1 rings (SSSR count). The molecule has 0 aliphatic carbocycles. The topological polar surface area (TPSA) is 32.3 Å². The average molecular weight is 215 g/mol. The molecule has 0 heterocycles. The number of aliphatic hydroxyl groups excluding tert-OH is 1. The molecule has 0 aromatic heterocycles. The Kier molecular flexibility index (Phi) is 4.17. The van der Waals surface area contributed by atoms with Crippen LogP contribution in [0.15, 0.2) is 18.2 Å². The minimum absolute atomic E-state index is 0.272. The molecule has 0 radical (unpaired) electrons. The van der Waals surface area contributed by atoms with Crippen molar-refractivity contribution in [2.75, 3.05) is 6.54 Å². The quantitative estimate of drug-likeness (QED) is 0.805. The number of nitrogens with one attached hydrogen (secondary N) is 1. The van der Waals surface area contributed by atoms with Crippen molar-refractivity contribution >= 4 is 0 Å². The molecular formula is C11H15F2NO. The lowest BCUT2D eigenvalue weighted by Gasteiger charge is -2.20. The van der Waals surface area contributed by atoms with Gasteiger partial charge in [0.2, 0.25) is 0 Å². The SMILES string of the molecule is CCNC(C)C(O)c1c(F)cccc1F. The van der Waals surface area contributed by atoms with Gasteiger partial charge >= 0.3 is 0 Å². The van der Waals surface area contributed by atoms with Crippen LogP contribution in [0.2, 0.25) is 0 Å². The van der Waals surface area contributed by atoms with Gasteiger partial charge in [-0.05, 0) is 25.6 Å². The summed E-state index contributed by atoms with van der Waals surface area (Å²) in [6.07, 6.45) is -1.17. The van der Waals surface area contributed by atoms with Crippen LogP contribution in [0.4, 0.5) is 8.78 Å². The Morgan fingerprint density at radius 2 is 1.87 bits per heavy atom. The molecule has 0 fully saturated rings. The molecule has 2 unspecified atom stereocenters. The summed E-state index contributed by atoms with van der Waals surface area (Å²) in [6, 6.07) is 3.17. The first-order chi connectivity index (χ1) is 7.07. The van der Waals surface area contributed by atoms with Crippen LogP contribution in [0.25, 0.3) is 0 Å². The van der Waals surface area contributed by atoms with Crippen molar-refractivity contribution in [2.24, 2.45) is 0 Å². The largest absolute Gasteiger partial charge is 0.387 e. The van der Waals surface area contributed by atoms with Gasteiger partial charge in [0.1, 0.15) is 11.6 Å². The van der Waals surface area contributed by atoms with Crippen molar-refractivity contribution in [2.45, 2.75) is 26.0 Å². The number of halogens is 2. The highest BCUT2D eigenvalue weighted by atomic mass is 19.1. The van der Waals surface area contributed by atoms with E-state index < -0.39 is 17.7 Å². The third-order valence-corrected chi connectivity index (χ3v) is 2.30. The minimum atomic E-state index is -1.17. The van der Waals surface area contributed by atoms with Gasteiger partial charge in [0, 0.05) is 6.04 Å². The summed E-state index contributed by atoms with van der Waals surface area (Å²) in [5, 5.41) is 12.7. The zero-order valence-corrected chi connectivity index (χ0v) is 8.80. The van der Waals surface area contributed by atoms with E-state index in [2.05, 4.69) is 5.32 Å². The second-order valence-electron chi connectivity index (χ2n) is 3.43. The fourth-order valence-electron chi connectivity index (χ4n) is 1.48. The minimum Gasteiger partial charge on any atom is -0.387 e. The highest BCUT2D eigenvalue weighted by molar-refractivity contribution is 5.23. The second-order valence-corrected chi connectivity index (χ2v) is 3.43. The van der Waals surface area contributed by atoms with E-state index in [0.717, 1.165) is 12.1 Å². The first-order valence-electron chi connectivity index (χ1n) is 4.93. The van der Waals surface area contributed by atoms with Gasteiger partial charge in [-0.1, -0.05) is 13.0 Å². The summed E-state index contributed by atoms with van der Waals surface area (Å²) >= 11 is 0.